The molecule has 0 saturated heterocycles. The number of fused-ring (bicyclic) bond motifs is 3. The van der Waals surface area contributed by atoms with E-state index < -0.39 is 0 Å². The molecular formula is C23H23N3O4. The third kappa shape index (κ3) is 2.58. The predicted molar refractivity (Wildman–Crippen MR) is 113 cm³/mol. The van der Waals surface area contributed by atoms with E-state index in [4.69, 9.17) is 19.2 Å². The van der Waals surface area contributed by atoms with Gasteiger partial charge in [-0.1, -0.05) is 12.1 Å². The van der Waals surface area contributed by atoms with E-state index in [1.165, 1.54) is 0 Å². The van der Waals surface area contributed by atoms with Gasteiger partial charge in [0.1, 0.15) is 0 Å². The summed E-state index contributed by atoms with van der Waals surface area (Å²) >= 11 is 0. The zero-order valence-electron chi connectivity index (χ0n) is 17.2. The van der Waals surface area contributed by atoms with Gasteiger partial charge in [-0.3, -0.25) is 9.36 Å². The second-order valence-electron chi connectivity index (χ2n) is 7.41. The number of anilines is 1. The number of imidazole rings is 1. The second kappa shape index (κ2) is 7.09. The minimum absolute atomic E-state index is 0.147. The maximum absolute atomic E-state index is 13.1. The lowest BCUT2D eigenvalue weighted by molar-refractivity contribution is -0.116. The van der Waals surface area contributed by atoms with E-state index in [0.29, 0.717) is 23.7 Å². The average Bonchev–Trinajstić information content (AvgIpc) is 3.14. The lowest BCUT2D eigenvalue weighted by atomic mass is 9.84. The van der Waals surface area contributed by atoms with Gasteiger partial charge >= 0.3 is 0 Å². The van der Waals surface area contributed by atoms with E-state index in [1.807, 2.05) is 36.4 Å². The van der Waals surface area contributed by atoms with Crippen LogP contribution in [-0.4, -0.2) is 36.7 Å². The number of allylic oxidation sites excluding steroid dienone is 2. The largest absolute Gasteiger partial charge is 0.493 e. The Hall–Kier alpha value is -3.48. The van der Waals surface area contributed by atoms with Crippen molar-refractivity contribution >= 4 is 22.8 Å². The third-order valence-electron chi connectivity index (χ3n) is 5.88. The Morgan fingerprint density at radius 3 is 2.57 bits per heavy atom. The summed E-state index contributed by atoms with van der Waals surface area (Å²) < 4.78 is 18.9. The number of ketones is 1. The van der Waals surface area contributed by atoms with Gasteiger partial charge in [-0.15, -0.1) is 0 Å². The first-order valence-corrected chi connectivity index (χ1v) is 9.97. The molecule has 0 unspecified atom stereocenters. The molecule has 7 heteroatoms. The summed E-state index contributed by atoms with van der Waals surface area (Å²) in [6.07, 6.45) is 2.19. The smallest absolute Gasteiger partial charge is 0.209 e. The molecule has 5 rings (SSSR count). The van der Waals surface area contributed by atoms with Crippen LogP contribution in [0.1, 0.15) is 30.9 Å². The molecule has 0 fully saturated rings. The summed E-state index contributed by atoms with van der Waals surface area (Å²) in [6, 6.07) is 11.4. The number of methoxy groups -OCH3 is 3. The highest BCUT2D eigenvalue weighted by Gasteiger charge is 2.38. The zero-order chi connectivity index (χ0) is 20.8. The maximum Gasteiger partial charge on any atom is 0.209 e. The van der Waals surface area contributed by atoms with Crippen LogP contribution in [0.2, 0.25) is 0 Å². The van der Waals surface area contributed by atoms with Crippen molar-refractivity contribution in [3.05, 3.63) is 53.2 Å². The number of para-hydroxylation sites is 2. The van der Waals surface area contributed by atoms with E-state index in [-0.39, 0.29) is 11.8 Å². The molecule has 1 aliphatic heterocycles. The molecule has 1 N–H and O–H groups in total. The van der Waals surface area contributed by atoms with Gasteiger partial charge in [-0.2, -0.15) is 0 Å². The van der Waals surface area contributed by atoms with Crippen LogP contribution < -0.4 is 19.5 Å². The maximum atomic E-state index is 13.1. The number of benzene rings is 2. The normalized spacial score (nSPS) is 18.0. The molecule has 30 heavy (non-hydrogen) atoms. The van der Waals surface area contributed by atoms with Gasteiger partial charge < -0.3 is 19.5 Å². The predicted octanol–water partition coefficient (Wildman–Crippen LogP) is 4.08. The summed E-state index contributed by atoms with van der Waals surface area (Å²) in [5, 5.41) is 3.42. The highest BCUT2D eigenvalue weighted by Crippen LogP contribution is 2.49. The Bertz CT molecular complexity index is 1190. The molecule has 2 heterocycles. The van der Waals surface area contributed by atoms with Crippen LogP contribution in [0.4, 0.5) is 5.95 Å². The van der Waals surface area contributed by atoms with Gasteiger partial charge in [-0.05, 0) is 37.1 Å². The lowest BCUT2D eigenvalue weighted by Crippen LogP contribution is -2.31. The summed E-state index contributed by atoms with van der Waals surface area (Å²) in [4.78, 5) is 17.9. The lowest BCUT2D eigenvalue weighted by Gasteiger charge is -2.34. The van der Waals surface area contributed by atoms with Crippen LogP contribution >= 0.6 is 0 Å². The number of Topliss-reactive ketones (excluding diaryl/α,β-unsaturated/α-hetero) is 1. The van der Waals surface area contributed by atoms with E-state index in [0.717, 1.165) is 46.7 Å². The molecule has 2 aromatic carbocycles. The van der Waals surface area contributed by atoms with Gasteiger partial charge in [0.05, 0.1) is 38.4 Å². The van der Waals surface area contributed by atoms with Gasteiger partial charge in [0, 0.05) is 23.3 Å². The van der Waals surface area contributed by atoms with Crippen molar-refractivity contribution in [2.45, 2.75) is 25.3 Å². The molecule has 0 saturated carbocycles. The first kappa shape index (κ1) is 18.5. The molecule has 154 valence electrons. The third-order valence-corrected chi connectivity index (χ3v) is 5.88. The first-order chi connectivity index (χ1) is 14.7. The summed E-state index contributed by atoms with van der Waals surface area (Å²) in [5.74, 6) is 2.51. The number of aromatic nitrogens is 2. The second-order valence-corrected chi connectivity index (χ2v) is 7.41. The molecule has 3 aromatic rings. The fourth-order valence-corrected chi connectivity index (χ4v) is 4.60. The van der Waals surface area contributed by atoms with Crippen LogP contribution in [0.3, 0.4) is 0 Å². The van der Waals surface area contributed by atoms with Crippen molar-refractivity contribution in [1.29, 1.82) is 0 Å². The molecule has 0 spiro atoms. The van der Waals surface area contributed by atoms with Crippen LogP contribution in [0.15, 0.2) is 47.7 Å². The van der Waals surface area contributed by atoms with E-state index in [1.54, 1.807) is 21.3 Å². The Morgan fingerprint density at radius 1 is 1.00 bits per heavy atom. The number of hydrogen-bond donors (Lipinski definition) is 1. The summed E-state index contributed by atoms with van der Waals surface area (Å²) in [5.41, 5.74) is 4.37. The van der Waals surface area contributed by atoms with Gasteiger partial charge in [-0.25, -0.2) is 4.98 Å². The number of carbonyl (C=O) groups is 1. The van der Waals surface area contributed by atoms with E-state index in [2.05, 4.69) is 9.88 Å². The molecule has 0 radical (unpaired) electrons. The number of nitrogens with zero attached hydrogens (tertiary/aromatic N) is 2. The van der Waals surface area contributed by atoms with E-state index >= 15 is 0 Å². The highest BCUT2D eigenvalue weighted by atomic mass is 16.5. The number of ether oxygens (including phenoxy) is 3. The fourth-order valence-electron chi connectivity index (χ4n) is 4.60. The molecule has 1 atom stereocenters. The van der Waals surface area contributed by atoms with Crippen molar-refractivity contribution in [1.82, 2.24) is 9.55 Å². The standard InChI is InChI=1S/C23H23N3O4/c1-28-18-12-11-13(21(29-2)22(18)30-3)20-19-15(8-6-10-17(19)27)25-23-24-14-7-4-5-9-16(14)26(20)23/h4-5,7,9,11-12,20H,6,8,10H2,1-3H3,(H,24,25)/t20-/m0/s1. The molecule has 0 amide bonds. The van der Waals surface area contributed by atoms with Crippen molar-refractivity contribution in [2.24, 2.45) is 0 Å². The van der Waals surface area contributed by atoms with Gasteiger partial charge in [0.2, 0.25) is 11.7 Å². The number of rotatable bonds is 4. The Morgan fingerprint density at radius 2 is 1.80 bits per heavy atom. The number of hydrogen-bond acceptors (Lipinski definition) is 6. The Kier molecular flexibility index (Phi) is 4.38. The van der Waals surface area contributed by atoms with Crippen LogP contribution in [-0.2, 0) is 4.79 Å². The number of carbonyl (C=O) groups excluding carboxylic acids is 1. The fraction of sp³-hybridized carbons (Fsp3) is 0.304. The van der Waals surface area contributed by atoms with E-state index in [9.17, 15) is 4.79 Å². The van der Waals surface area contributed by atoms with Crippen LogP contribution in [0.25, 0.3) is 11.0 Å². The van der Waals surface area contributed by atoms with Crippen molar-refractivity contribution in [2.75, 3.05) is 26.6 Å². The first-order valence-electron chi connectivity index (χ1n) is 9.97. The minimum atomic E-state index is -0.369. The Labute approximate surface area is 174 Å². The van der Waals surface area contributed by atoms with Crippen molar-refractivity contribution in [3.63, 3.8) is 0 Å². The number of nitrogens with one attached hydrogen (secondary N) is 1. The summed E-state index contributed by atoms with van der Waals surface area (Å²) in [6.45, 7) is 0. The molecule has 1 aliphatic carbocycles. The topological polar surface area (TPSA) is 74.6 Å². The van der Waals surface area contributed by atoms with Crippen LogP contribution in [0, 0.1) is 0 Å². The Balaban J connectivity index is 1.84. The summed E-state index contributed by atoms with van der Waals surface area (Å²) in [7, 11) is 4.78. The molecule has 7 nitrogen and oxygen atoms in total. The minimum Gasteiger partial charge on any atom is -0.493 e. The van der Waals surface area contributed by atoms with Gasteiger partial charge in [0.15, 0.2) is 17.3 Å². The monoisotopic (exact) mass is 405 g/mol. The van der Waals surface area contributed by atoms with Crippen LogP contribution in [0.5, 0.6) is 17.2 Å². The quantitative estimate of drug-likeness (QED) is 0.705. The van der Waals surface area contributed by atoms with Crippen molar-refractivity contribution < 1.29 is 19.0 Å². The molecule has 1 aromatic heterocycles. The highest BCUT2D eigenvalue weighted by molar-refractivity contribution is 6.00. The van der Waals surface area contributed by atoms with Gasteiger partial charge in [0.25, 0.3) is 0 Å². The molecule has 0 bridgehead atoms. The average molecular weight is 405 g/mol. The SMILES string of the molecule is COc1ccc([C@H]2C3=C(CCCC3=O)Nc3nc4ccccc4n32)c(OC)c1OC. The molecular weight excluding hydrogens is 382 g/mol. The van der Waals surface area contributed by atoms with Crippen molar-refractivity contribution in [3.8, 4) is 17.2 Å². The zero-order valence-corrected chi connectivity index (χ0v) is 17.2. The molecule has 2 aliphatic rings.